The van der Waals surface area contributed by atoms with E-state index in [2.05, 4.69) is 42.2 Å². The Labute approximate surface area is 175 Å². The molecule has 0 saturated carbocycles. The first-order valence-electron chi connectivity index (χ1n) is 9.70. The second-order valence-corrected chi connectivity index (χ2v) is 8.06. The number of nitriles is 1. The molecule has 5 nitrogen and oxygen atoms in total. The molecule has 2 aromatic rings. The van der Waals surface area contributed by atoms with Crippen molar-refractivity contribution < 1.29 is 9.53 Å². The average molecular weight is 406 g/mol. The van der Waals surface area contributed by atoms with Gasteiger partial charge in [-0.1, -0.05) is 55.1 Å². The van der Waals surface area contributed by atoms with Crippen LogP contribution >= 0.6 is 11.8 Å². The van der Waals surface area contributed by atoms with Crippen molar-refractivity contribution >= 4 is 23.4 Å². The zero-order valence-electron chi connectivity index (χ0n) is 16.6. The summed E-state index contributed by atoms with van der Waals surface area (Å²) in [4.78, 5) is 16.9. The van der Waals surface area contributed by atoms with Crippen molar-refractivity contribution in [2.45, 2.75) is 25.7 Å². The molecule has 0 bridgehead atoms. The van der Waals surface area contributed by atoms with Crippen LogP contribution in [-0.2, 0) is 11.2 Å². The lowest BCUT2D eigenvalue weighted by atomic mass is 9.86. The number of carbonyl (C=O) groups excluding carboxylic acids is 1. The number of aryl methyl sites for hydroxylation is 1. The van der Waals surface area contributed by atoms with Crippen LogP contribution in [0.15, 0.2) is 59.1 Å². The summed E-state index contributed by atoms with van der Waals surface area (Å²) in [7, 11) is 1.65. The number of rotatable bonds is 4. The molecule has 0 unspecified atom stereocenters. The number of benzene rings is 2. The molecule has 0 aromatic heterocycles. The third kappa shape index (κ3) is 3.58. The number of fused-ring (bicyclic) bond motifs is 1. The van der Waals surface area contributed by atoms with Gasteiger partial charge in [0, 0.05) is 12.3 Å². The summed E-state index contributed by atoms with van der Waals surface area (Å²) in [6, 6.07) is 18.5. The number of hydrogen-bond acceptors (Lipinski definition) is 5. The number of carbonyl (C=O) groups is 1. The topological polar surface area (TPSA) is 56.6 Å². The van der Waals surface area contributed by atoms with E-state index in [4.69, 9.17) is 4.74 Å². The lowest BCUT2D eigenvalue weighted by Crippen LogP contribution is -2.47. The molecule has 6 heteroatoms. The predicted molar refractivity (Wildman–Crippen MR) is 115 cm³/mol. The number of amides is 1. The monoisotopic (exact) mass is 405 g/mol. The molecule has 4 rings (SSSR count). The van der Waals surface area contributed by atoms with Gasteiger partial charge >= 0.3 is 0 Å². The van der Waals surface area contributed by atoms with Gasteiger partial charge in [-0.3, -0.25) is 9.69 Å². The second-order valence-electron chi connectivity index (χ2n) is 7.13. The minimum Gasteiger partial charge on any atom is -0.495 e. The summed E-state index contributed by atoms with van der Waals surface area (Å²) in [5, 5.41) is 10.7. The van der Waals surface area contributed by atoms with Gasteiger partial charge < -0.3 is 9.64 Å². The smallest absolute Gasteiger partial charge is 0.229 e. The third-order valence-electron chi connectivity index (χ3n) is 5.51. The van der Waals surface area contributed by atoms with Crippen LogP contribution in [0.25, 0.3) is 0 Å². The first-order chi connectivity index (χ1) is 14.2. The Balaban J connectivity index is 1.65. The summed E-state index contributed by atoms with van der Waals surface area (Å²) in [6.45, 7) is 2.54. The molecular weight excluding hydrogens is 382 g/mol. The highest BCUT2D eigenvalue weighted by molar-refractivity contribution is 8.03. The van der Waals surface area contributed by atoms with E-state index in [1.807, 2.05) is 24.3 Å². The Morgan fingerprint density at radius 2 is 1.97 bits per heavy atom. The fraction of sp³-hybridized carbons (Fsp3) is 0.304. The molecular formula is C23H23N3O2S. The first-order valence-corrected chi connectivity index (χ1v) is 10.7. The zero-order chi connectivity index (χ0) is 20.4. The van der Waals surface area contributed by atoms with E-state index in [9.17, 15) is 10.1 Å². The maximum absolute atomic E-state index is 13.0. The number of hydrogen-bond donors (Lipinski definition) is 0. The minimum atomic E-state index is -0.171. The van der Waals surface area contributed by atoms with Gasteiger partial charge in [0.15, 0.2) is 0 Å². The normalized spacial score (nSPS) is 19.1. The number of nitrogens with zero attached hydrogens (tertiary/aromatic N) is 3. The van der Waals surface area contributed by atoms with Crippen LogP contribution in [0.3, 0.4) is 0 Å². The number of para-hydroxylation sites is 2. The molecule has 0 radical (unpaired) electrons. The lowest BCUT2D eigenvalue weighted by molar-refractivity contribution is -0.129. The second kappa shape index (κ2) is 8.22. The van der Waals surface area contributed by atoms with E-state index in [0.717, 1.165) is 28.5 Å². The molecule has 29 heavy (non-hydrogen) atoms. The van der Waals surface area contributed by atoms with E-state index >= 15 is 0 Å². The van der Waals surface area contributed by atoms with Gasteiger partial charge in [0.2, 0.25) is 5.91 Å². The molecule has 1 saturated heterocycles. The van der Waals surface area contributed by atoms with E-state index in [1.165, 1.54) is 5.56 Å². The van der Waals surface area contributed by atoms with Crippen molar-refractivity contribution in [3.8, 4) is 11.8 Å². The number of thioether (sulfide) groups is 1. The summed E-state index contributed by atoms with van der Waals surface area (Å²) in [5.41, 5.74) is 3.93. The fourth-order valence-electron chi connectivity index (χ4n) is 3.88. The van der Waals surface area contributed by atoms with E-state index in [-0.39, 0.29) is 11.8 Å². The molecule has 148 valence electrons. The Hall–Kier alpha value is -2.91. The molecule has 1 atom stereocenters. The largest absolute Gasteiger partial charge is 0.495 e. The molecule has 2 aliphatic heterocycles. The molecule has 2 aliphatic rings. The molecule has 2 aromatic carbocycles. The standard InChI is InChI=1S/C23H23N3O2S/c1-3-16-8-10-17(11-9-16)18-12-22(27)26-14-25(15-29-23(26)19(18)13-24)20-6-4-5-7-21(20)28-2/h4-11,18H,3,12,14-15H2,1-2H3/t18-/m0/s1. The highest BCUT2D eigenvalue weighted by atomic mass is 32.2. The van der Waals surface area contributed by atoms with Gasteiger partial charge in [-0.2, -0.15) is 5.26 Å². The lowest BCUT2D eigenvalue weighted by Gasteiger charge is -2.42. The maximum atomic E-state index is 13.0. The van der Waals surface area contributed by atoms with Crippen molar-refractivity contribution in [3.05, 3.63) is 70.3 Å². The van der Waals surface area contributed by atoms with E-state index in [1.54, 1.807) is 23.8 Å². The summed E-state index contributed by atoms with van der Waals surface area (Å²) < 4.78 is 5.48. The number of allylic oxidation sites excluding steroid dienone is 1. The Morgan fingerprint density at radius 3 is 2.66 bits per heavy atom. The summed E-state index contributed by atoms with van der Waals surface area (Å²) in [6.07, 6.45) is 1.29. The molecule has 0 N–H and O–H groups in total. The van der Waals surface area contributed by atoms with Gasteiger partial charge in [0.05, 0.1) is 42.0 Å². The number of methoxy groups -OCH3 is 1. The van der Waals surface area contributed by atoms with Crippen LogP contribution in [0, 0.1) is 11.3 Å². The van der Waals surface area contributed by atoms with Crippen molar-refractivity contribution in [3.63, 3.8) is 0 Å². The molecule has 0 aliphatic carbocycles. The van der Waals surface area contributed by atoms with E-state index in [0.29, 0.717) is 24.5 Å². The highest BCUT2D eigenvalue weighted by Gasteiger charge is 2.38. The van der Waals surface area contributed by atoms with Crippen LogP contribution in [0.4, 0.5) is 5.69 Å². The number of anilines is 1. The summed E-state index contributed by atoms with van der Waals surface area (Å²) in [5.74, 6) is 1.32. The Morgan fingerprint density at radius 1 is 1.21 bits per heavy atom. The minimum absolute atomic E-state index is 0.0515. The summed E-state index contributed by atoms with van der Waals surface area (Å²) >= 11 is 1.54. The maximum Gasteiger partial charge on any atom is 0.229 e. The van der Waals surface area contributed by atoms with Crippen LogP contribution in [0.1, 0.15) is 30.4 Å². The third-order valence-corrected chi connectivity index (χ3v) is 6.66. The SMILES string of the molecule is CCc1ccc([C@@H]2CC(=O)N3CN(c4ccccc4OC)CSC3=C2C#N)cc1. The average Bonchev–Trinajstić information content (AvgIpc) is 2.79. The molecule has 1 fully saturated rings. The molecule has 2 heterocycles. The van der Waals surface area contributed by atoms with Crippen molar-refractivity contribution in [2.75, 3.05) is 24.6 Å². The van der Waals surface area contributed by atoms with Gasteiger partial charge in [-0.25, -0.2) is 0 Å². The van der Waals surface area contributed by atoms with Gasteiger partial charge in [0.1, 0.15) is 5.75 Å². The molecule has 1 amide bonds. The van der Waals surface area contributed by atoms with Crippen LogP contribution in [-0.4, -0.2) is 30.5 Å². The van der Waals surface area contributed by atoms with Crippen molar-refractivity contribution in [1.82, 2.24) is 4.90 Å². The zero-order valence-corrected chi connectivity index (χ0v) is 17.4. The van der Waals surface area contributed by atoms with Crippen LogP contribution in [0.2, 0.25) is 0 Å². The molecule has 0 spiro atoms. The first kappa shape index (κ1) is 19.4. The fourth-order valence-corrected chi connectivity index (χ4v) is 5.03. The van der Waals surface area contributed by atoms with Crippen LogP contribution in [0.5, 0.6) is 5.75 Å². The van der Waals surface area contributed by atoms with E-state index < -0.39 is 0 Å². The quantitative estimate of drug-likeness (QED) is 0.751. The van der Waals surface area contributed by atoms with Crippen LogP contribution < -0.4 is 9.64 Å². The Bertz CT molecular complexity index is 994. The Kier molecular flexibility index (Phi) is 5.50. The highest BCUT2D eigenvalue weighted by Crippen LogP contribution is 2.44. The predicted octanol–water partition coefficient (Wildman–Crippen LogP) is 4.48. The van der Waals surface area contributed by atoms with Gasteiger partial charge in [-0.05, 0) is 29.7 Å². The van der Waals surface area contributed by atoms with Crippen molar-refractivity contribution in [1.29, 1.82) is 5.26 Å². The van der Waals surface area contributed by atoms with Gasteiger partial charge in [0.25, 0.3) is 0 Å². The number of ether oxygens (including phenoxy) is 1. The van der Waals surface area contributed by atoms with Gasteiger partial charge in [-0.15, -0.1) is 0 Å². The van der Waals surface area contributed by atoms with Crippen molar-refractivity contribution in [2.24, 2.45) is 0 Å².